The largest absolute Gasteiger partial charge is 0.497 e. The third-order valence-corrected chi connectivity index (χ3v) is 5.60. The third-order valence-electron chi connectivity index (χ3n) is 4.59. The van der Waals surface area contributed by atoms with Crippen LogP contribution in [0.4, 0.5) is 0 Å². The lowest BCUT2D eigenvalue weighted by Crippen LogP contribution is -2.20. The SMILES string of the molecule is COC(=O)c1ccc(Cn2cnc3sc(C)c(-c4cccc(OC)c4)c3c2=O)o1. The predicted molar refractivity (Wildman–Crippen MR) is 110 cm³/mol. The number of nitrogens with zero attached hydrogens (tertiary/aromatic N) is 2. The van der Waals surface area contributed by atoms with Crippen LogP contribution in [0.1, 0.15) is 21.2 Å². The van der Waals surface area contributed by atoms with Gasteiger partial charge >= 0.3 is 5.97 Å². The molecule has 0 saturated heterocycles. The quantitative estimate of drug-likeness (QED) is 0.465. The van der Waals surface area contributed by atoms with E-state index in [1.54, 1.807) is 13.2 Å². The second-order valence-electron chi connectivity index (χ2n) is 6.38. The third kappa shape index (κ3) is 3.42. The lowest BCUT2D eigenvalue weighted by molar-refractivity contribution is 0.0563. The highest BCUT2D eigenvalue weighted by molar-refractivity contribution is 7.19. The van der Waals surface area contributed by atoms with Gasteiger partial charge in [0.05, 0.1) is 32.5 Å². The Labute approximate surface area is 170 Å². The Morgan fingerprint density at radius 3 is 2.83 bits per heavy atom. The number of carbonyl (C=O) groups is 1. The molecule has 4 aromatic rings. The number of hydrogen-bond acceptors (Lipinski definition) is 7. The molecule has 0 radical (unpaired) electrons. The zero-order valence-electron chi connectivity index (χ0n) is 16.1. The van der Waals surface area contributed by atoms with Gasteiger partial charge in [0, 0.05) is 10.4 Å². The first-order valence-corrected chi connectivity index (χ1v) is 9.63. The molecule has 0 atom stereocenters. The Hall–Kier alpha value is -3.39. The van der Waals surface area contributed by atoms with E-state index in [9.17, 15) is 9.59 Å². The summed E-state index contributed by atoms with van der Waals surface area (Å²) in [5.74, 6) is 0.707. The Bertz CT molecular complexity index is 1270. The molecule has 4 rings (SSSR count). The van der Waals surface area contributed by atoms with Crippen molar-refractivity contribution in [2.45, 2.75) is 13.5 Å². The van der Waals surface area contributed by atoms with Crippen LogP contribution in [0, 0.1) is 6.92 Å². The molecule has 0 unspecified atom stereocenters. The molecule has 0 N–H and O–H groups in total. The second kappa shape index (κ2) is 7.56. The van der Waals surface area contributed by atoms with Crippen LogP contribution in [0.15, 0.2) is 51.9 Å². The Balaban J connectivity index is 1.80. The van der Waals surface area contributed by atoms with Crippen molar-refractivity contribution in [2.24, 2.45) is 0 Å². The Kier molecular flexibility index (Phi) is 4.94. The highest BCUT2D eigenvalue weighted by Crippen LogP contribution is 2.36. The van der Waals surface area contributed by atoms with E-state index in [1.807, 2.05) is 31.2 Å². The van der Waals surface area contributed by atoms with Crippen LogP contribution in [0.2, 0.25) is 0 Å². The van der Waals surface area contributed by atoms with E-state index >= 15 is 0 Å². The van der Waals surface area contributed by atoms with E-state index in [0.717, 1.165) is 21.8 Å². The lowest BCUT2D eigenvalue weighted by Gasteiger charge is -2.07. The summed E-state index contributed by atoms with van der Waals surface area (Å²) in [5, 5.41) is 0.558. The molecule has 0 amide bonds. The molecule has 8 heteroatoms. The van der Waals surface area contributed by atoms with E-state index in [2.05, 4.69) is 9.72 Å². The van der Waals surface area contributed by atoms with Gasteiger partial charge in [-0.3, -0.25) is 9.36 Å². The minimum Gasteiger partial charge on any atom is -0.497 e. The summed E-state index contributed by atoms with van der Waals surface area (Å²) in [6.45, 7) is 2.13. The number of carbonyl (C=O) groups excluding carboxylic acids is 1. The van der Waals surface area contributed by atoms with Gasteiger partial charge in [0.15, 0.2) is 0 Å². The highest BCUT2D eigenvalue weighted by atomic mass is 32.1. The van der Waals surface area contributed by atoms with E-state index in [0.29, 0.717) is 16.0 Å². The first kappa shape index (κ1) is 18.9. The maximum Gasteiger partial charge on any atom is 0.373 e. The highest BCUT2D eigenvalue weighted by Gasteiger charge is 2.18. The number of furan rings is 1. The van der Waals surface area contributed by atoms with Gasteiger partial charge in [0.2, 0.25) is 5.76 Å². The summed E-state index contributed by atoms with van der Waals surface area (Å²) in [5.41, 5.74) is 1.58. The zero-order chi connectivity index (χ0) is 20.5. The molecule has 0 saturated carbocycles. The van der Waals surface area contributed by atoms with Crippen LogP contribution in [0.3, 0.4) is 0 Å². The number of thiophene rings is 1. The standard InChI is InChI=1S/C21H18N2O5S/c1-12-17(13-5-4-6-14(9-13)26-2)18-19(29-12)22-11-23(20(18)24)10-15-7-8-16(28-15)21(25)27-3/h4-9,11H,10H2,1-3H3. The summed E-state index contributed by atoms with van der Waals surface area (Å²) < 4.78 is 16.9. The van der Waals surface area contributed by atoms with Crippen LogP contribution in [0.25, 0.3) is 21.3 Å². The fourth-order valence-electron chi connectivity index (χ4n) is 3.22. The number of benzene rings is 1. The molecular weight excluding hydrogens is 392 g/mol. The normalized spacial score (nSPS) is 11.0. The van der Waals surface area contributed by atoms with Crippen molar-refractivity contribution in [1.82, 2.24) is 9.55 Å². The number of aromatic nitrogens is 2. The van der Waals surface area contributed by atoms with E-state index < -0.39 is 5.97 Å². The fourth-order valence-corrected chi connectivity index (χ4v) is 4.22. The van der Waals surface area contributed by atoms with Crippen LogP contribution in [-0.4, -0.2) is 29.7 Å². The topological polar surface area (TPSA) is 83.6 Å². The lowest BCUT2D eigenvalue weighted by atomic mass is 10.0. The monoisotopic (exact) mass is 410 g/mol. The van der Waals surface area contributed by atoms with Crippen LogP contribution in [-0.2, 0) is 11.3 Å². The van der Waals surface area contributed by atoms with Crippen LogP contribution < -0.4 is 10.3 Å². The number of hydrogen-bond donors (Lipinski definition) is 0. The number of ether oxygens (including phenoxy) is 2. The fraction of sp³-hybridized carbons (Fsp3) is 0.190. The Morgan fingerprint density at radius 1 is 1.24 bits per heavy atom. The first-order chi connectivity index (χ1) is 14.0. The average Bonchev–Trinajstić information content (AvgIpc) is 3.33. The maximum atomic E-state index is 13.3. The minimum atomic E-state index is -0.564. The van der Waals surface area contributed by atoms with Crippen LogP contribution >= 0.6 is 11.3 Å². The minimum absolute atomic E-state index is 0.0908. The number of esters is 1. The summed E-state index contributed by atoms with van der Waals surface area (Å²) in [6.07, 6.45) is 1.50. The molecule has 0 aliphatic rings. The molecule has 0 fully saturated rings. The molecule has 0 bridgehead atoms. The molecule has 1 aromatic carbocycles. The van der Waals surface area contributed by atoms with Gasteiger partial charge in [-0.25, -0.2) is 9.78 Å². The van der Waals surface area contributed by atoms with Gasteiger partial charge in [0.25, 0.3) is 5.56 Å². The van der Waals surface area contributed by atoms with Crippen molar-refractivity contribution in [3.8, 4) is 16.9 Å². The molecule has 0 aliphatic carbocycles. The van der Waals surface area contributed by atoms with Gasteiger partial charge in [0.1, 0.15) is 16.3 Å². The van der Waals surface area contributed by atoms with Crippen molar-refractivity contribution in [1.29, 1.82) is 0 Å². The number of fused-ring (bicyclic) bond motifs is 1. The maximum absolute atomic E-state index is 13.3. The smallest absolute Gasteiger partial charge is 0.373 e. The van der Waals surface area contributed by atoms with Crippen molar-refractivity contribution in [2.75, 3.05) is 14.2 Å². The van der Waals surface area contributed by atoms with Crippen LogP contribution in [0.5, 0.6) is 5.75 Å². The number of aryl methyl sites for hydroxylation is 1. The molecule has 3 heterocycles. The van der Waals surface area contributed by atoms with Gasteiger partial charge in [-0.2, -0.15) is 0 Å². The van der Waals surface area contributed by atoms with E-state index in [1.165, 1.54) is 35.4 Å². The Morgan fingerprint density at radius 2 is 2.07 bits per heavy atom. The number of methoxy groups -OCH3 is 2. The summed E-state index contributed by atoms with van der Waals surface area (Å²) >= 11 is 1.48. The van der Waals surface area contributed by atoms with Crippen molar-refractivity contribution in [3.63, 3.8) is 0 Å². The van der Waals surface area contributed by atoms with Crippen molar-refractivity contribution >= 4 is 27.5 Å². The average molecular weight is 410 g/mol. The molecule has 148 valence electrons. The summed E-state index contributed by atoms with van der Waals surface area (Å²) in [4.78, 5) is 31.0. The summed E-state index contributed by atoms with van der Waals surface area (Å²) in [7, 11) is 2.89. The first-order valence-electron chi connectivity index (χ1n) is 8.81. The van der Waals surface area contributed by atoms with E-state index in [4.69, 9.17) is 9.15 Å². The van der Waals surface area contributed by atoms with E-state index in [-0.39, 0.29) is 17.9 Å². The van der Waals surface area contributed by atoms with Crippen molar-refractivity contribution < 1.29 is 18.7 Å². The summed E-state index contributed by atoms with van der Waals surface area (Å²) in [6, 6.07) is 10.8. The van der Waals surface area contributed by atoms with Gasteiger partial charge in [-0.05, 0) is 36.8 Å². The van der Waals surface area contributed by atoms with Crippen molar-refractivity contribution in [3.05, 3.63) is 69.5 Å². The molecule has 0 spiro atoms. The second-order valence-corrected chi connectivity index (χ2v) is 7.58. The van der Waals surface area contributed by atoms with Gasteiger partial charge in [-0.1, -0.05) is 12.1 Å². The number of rotatable bonds is 5. The molecule has 3 aromatic heterocycles. The predicted octanol–water partition coefficient (Wildman–Crippen LogP) is 3.87. The molecule has 7 nitrogen and oxygen atoms in total. The molecular formula is C21H18N2O5S. The molecule has 29 heavy (non-hydrogen) atoms. The zero-order valence-corrected chi connectivity index (χ0v) is 16.9. The van der Waals surface area contributed by atoms with Gasteiger partial charge < -0.3 is 13.9 Å². The van der Waals surface area contributed by atoms with Gasteiger partial charge in [-0.15, -0.1) is 11.3 Å². The molecule has 0 aliphatic heterocycles.